The van der Waals surface area contributed by atoms with E-state index in [-0.39, 0.29) is 17.1 Å². The number of amides is 1. The monoisotopic (exact) mass is 392 g/mol. The molecule has 3 rings (SSSR count). The number of hydrogen-bond acceptors (Lipinski definition) is 5. The third-order valence-electron chi connectivity index (χ3n) is 4.55. The molecule has 0 aliphatic carbocycles. The minimum atomic E-state index is -3.78. The van der Waals surface area contributed by atoms with Crippen molar-refractivity contribution in [2.45, 2.75) is 30.8 Å². The Bertz CT molecular complexity index is 900. The number of nitrogens with zero attached hydrogens (tertiary/aromatic N) is 3. The number of ether oxygens (including phenoxy) is 1. The molecule has 0 saturated carbocycles. The molecule has 2 aromatic rings. The predicted molar refractivity (Wildman–Crippen MR) is 100.0 cm³/mol. The molecular formula is C18H24N4O4S. The Morgan fingerprint density at radius 3 is 2.48 bits per heavy atom. The molecule has 146 valence electrons. The molecule has 1 fully saturated rings. The summed E-state index contributed by atoms with van der Waals surface area (Å²) in [7, 11) is -0.591. The molecule has 0 unspecified atom stereocenters. The quantitative estimate of drug-likeness (QED) is 0.805. The molecule has 1 aromatic heterocycles. The number of hydrogen-bond donors (Lipinski definition) is 1. The minimum Gasteiger partial charge on any atom is -0.497 e. The SMILES string of the molecule is COc1ccc(CNC(=O)c2cn(C)nc2S(=O)(=O)N2CCCCC2)cc1. The van der Waals surface area contributed by atoms with Crippen molar-refractivity contribution in [3.05, 3.63) is 41.6 Å². The summed E-state index contributed by atoms with van der Waals surface area (Å²) in [6.07, 6.45) is 4.11. The first-order valence-corrected chi connectivity index (χ1v) is 10.3. The van der Waals surface area contributed by atoms with Crippen LogP contribution in [0, 0.1) is 0 Å². The lowest BCUT2D eigenvalue weighted by Crippen LogP contribution is -2.37. The van der Waals surface area contributed by atoms with Crippen LogP contribution < -0.4 is 10.1 Å². The molecule has 1 amide bonds. The second-order valence-corrected chi connectivity index (χ2v) is 8.37. The van der Waals surface area contributed by atoms with E-state index in [4.69, 9.17) is 4.74 Å². The highest BCUT2D eigenvalue weighted by molar-refractivity contribution is 7.89. The van der Waals surface area contributed by atoms with Gasteiger partial charge in [0.05, 0.1) is 12.7 Å². The number of nitrogens with one attached hydrogen (secondary N) is 1. The molecule has 27 heavy (non-hydrogen) atoms. The van der Waals surface area contributed by atoms with Crippen LogP contribution in [0.15, 0.2) is 35.5 Å². The molecule has 1 N–H and O–H groups in total. The van der Waals surface area contributed by atoms with E-state index in [1.165, 1.54) is 15.2 Å². The van der Waals surface area contributed by atoms with Gasteiger partial charge in [0, 0.05) is 32.9 Å². The molecule has 1 saturated heterocycles. The van der Waals surface area contributed by atoms with Gasteiger partial charge in [-0.05, 0) is 30.5 Å². The fraction of sp³-hybridized carbons (Fsp3) is 0.444. The zero-order valence-electron chi connectivity index (χ0n) is 15.5. The molecule has 0 atom stereocenters. The van der Waals surface area contributed by atoms with Gasteiger partial charge in [-0.25, -0.2) is 8.42 Å². The van der Waals surface area contributed by atoms with Crippen LogP contribution in [0.5, 0.6) is 5.75 Å². The van der Waals surface area contributed by atoms with E-state index in [0.29, 0.717) is 13.1 Å². The van der Waals surface area contributed by atoms with Crippen LogP contribution in [-0.2, 0) is 23.6 Å². The fourth-order valence-corrected chi connectivity index (χ4v) is 4.70. The second kappa shape index (κ2) is 8.10. The van der Waals surface area contributed by atoms with Gasteiger partial charge in [-0.3, -0.25) is 9.48 Å². The topological polar surface area (TPSA) is 93.5 Å². The molecule has 0 bridgehead atoms. The van der Waals surface area contributed by atoms with Gasteiger partial charge in [0.1, 0.15) is 5.75 Å². The van der Waals surface area contributed by atoms with Crippen LogP contribution in [0.4, 0.5) is 0 Å². The first-order chi connectivity index (χ1) is 12.9. The predicted octanol–water partition coefficient (Wildman–Crippen LogP) is 1.53. The molecule has 1 aliphatic rings. The summed E-state index contributed by atoms with van der Waals surface area (Å²) < 4.78 is 33.7. The van der Waals surface area contributed by atoms with Crippen molar-refractivity contribution >= 4 is 15.9 Å². The smallest absolute Gasteiger partial charge is 0.263 e. The van der Waals surface area contributed by atoms with Crippen LogP contribution >= 0.6 is 0 Å². The lowest BCUT2D eigenvalue weighted by Gasteiger charge is -2.25. The number of carbonyl (C=O) groups is 1. The van der Waals surface area contributed by atoms with Gasteiger partial charge >= 0.3 is 0 Å². The maximum Gasteiger partial charge on any atom is 0.263 e. The van der Waals surface area contributed by atoms with Crippen molar-refractivity contribution in [3.8, 4) is 5.75 Å². The number of rotatable bonds is 6. The number of piperidine rings is 1. The normalized spacial score (nSPS) is 15.5. The lowest BCUT2D eigenvalue weighted by atomic mass is 10.2. The molecule has 1 aliphatic heterocycles. The Balaban J connectivity index is 1.76. The zero-order valence-corrected chi connectivity index (χ0v) is 16.3. The molecule has 0 radical (unpaired) electrons. The highest BCUT2D eigenvalue weighted by Crippen LogP contribution is 2.22. The molecular weight excluding hydrogens is 368 g/mol. The first kappa shape index (κ1) is 19.4. The van der Waals surface area contributed by atoms with E-state index >= 15 is 0 Å². The van der Waals surface area contributed by atoms with Crippen molar-refractivity contribution in [2.24, 2.45) is 7.05 Å². The molecule has 9 heteroatoms. The van der Waals surface area contributed by atoms with Crippen LogP contribution in [0.1, 0.15) is 35.2 Å². The van der Waals surface area contributed by atoms with Crippen LogP contribution in [0.2, 0.25) is 0 Å². The molecule has 0 spiro atoms. The Morgan fingerprint density at radius 2 is 1.85 bits per heavy atom. The maximum atomic E-state index is 12.9. The second-order valence-electron chi connectivity index (χ2n) is 6.52. The fourth-order valence-electron chi connectivity index (χ4n) is 3.06. The number of benzene rings is 1. The van der Waals surface area contributed by atoms with Gasteiger partial charge in [-0.15, -0.1) is 0 Å². The number of aromatic nitrogens is 2. The Hall–Kier alpha value is -2.39. The van der Waals surface area contributed by atoms with Crippen molar-refractivity contribution in [3.63, 3.8) is 0 Å². The highest BCUT2D eigenvalue weighted by Gasteiger charge is 2.33. The van der Waals surface area contributed by atoms with Gasteiger partial charge in [-0.1, -0.05) is 18.6 Å². The van der Waals surface area contributed by atoms with E-state index in [1.54, 1.807) is 26.3 Å². The molecule has 2 heterocycles. The van der Waals surface area contributed by atoms with Crippen molar-refractivity contribution in [2.75, 3.05) is 20.2 Å². The van der Waals surface area contributed by atoms with E-state index in [1.807, 2.05) is 12.1 Å². The molecule has 8 nitrogen and oxygen atoms in total. The van der Waals surface area contributed by atoms with E-state index in [2.05, 4.69) is 10.4 Å². The number of carbonyl (C=O) groups excluding carboxylic acids is 1. The van der Waals surface area contributed by atoms with Gasteiger partial charge in [0.25, 0.3) is 15.9 Å². The third-order valence-corrected chi connectivity index (χ3v) is 6.39. The van der Waals surface area contributed by atoms with Gasteiger partial charge in [0.15, 0.2) is 0 Å². The number of aryl methyl sites for hydroxylation is 1. The summed E-state index contributed by atoms with van der Waals surface area (Å²) in [6, 6.07) is 7.29. The summed E-state index contributed by atoms with van der Waals surface area (Å²) in [6.45, 7) is 1.21. The summed E-state index contributed by atoms with van der Waals surface area (Å²) >= 11 is 0. The van der Waals surface area contributed by atoms with Crippen molar-refractivity contribution in [1.29, 1.82) is 0 Å². The van der Waals surface area contributed by atoms with E-state index < -0.39 is 15.9 Å². The maximum absolute atomic E-state index is 12.9. The zero-order chi connectivity index (χ0) is 19.4. The summed E-state index contributed by atoms with van der Waals surface area (Å²) in [5.74, 6) is 0.266. The largest absolute Gasteiger partial charge is 0.497 e. The van der Waals surface area contributed by atoms with Gasteiger partial charge in [0.2, 0.25) is 5.03 Å². The summed E-state index contributed by atoms with van der Waals surface area (Å²) in [5.41, 5.74) is 0.949. The molecule has 1 aromatic carbocycles. The van der Waals surface area contributed by atoms with Crippen molar-refractivity contribution < 1.29 is 17.9 Å². The Labute approximate surface area is 159 Å². The van der Waals surface area contributed by atoms with Crippen molar-refractivity contribution in [1.82, 2.24) is 19.4 Å². The average molecular weight is 392 g/mol. The van der Waals surface area contributed by atoms with Crippen LogP contribution in [0.3, 0.4) is 0 Å². The van der Waals surface area contributed by atoms with Crippen LogP contribution in [-0.4, -0.2) is 48.6 Å². The summed E-state index contributed by atoms with van der Waals surface area (Å²) in [4.78, 5) is 12.6. The standard InChI is InChI=1S/C18H24N4O4S/c1-21-13-16(17(23)19-12-14-6-8-15(26-2)9-7-14)18(20-21)27(24,25)22-10-4-3-5-11-22/h6-9,13H,3-5,10-12H2,1-2H3,(H,19,23). The Kier molecular flexibility index (Phi) is 5.81. The van der Waals surface area contributed by atoms with E-state index in [9.17, 15) is 13.2 Å². The van der Waals surface area contributed by atoms with Crippen LogP contribution in [0.25, 0.3) is 0 Å². The number of sulfonamides is 1. The Morgan fingerprint density at radius 1 is 1.19 bits per heavy atom. The lowest BCUT2D eigenvalue weighted by molar-refractivity contribution is 0.0947. The average Bonchev–Trinajstić information content (AvgIpc) is 3.10. The number of methoxy groups -OCH3 is 1. The highest BCUT2D eigenvalue weighted by atomic mass is 32.2. The van der Waals surface area contributed by atoms with Gasteiger partial charge < -0.3 is 10.1 Å². The summed E-state index contributed by atoms with van der Waals surface area (Å²) in [5, 5.41) is 6.65. The van der Waals surface area contributed by atoms with Gasteiger partial charge in [-0.2, -0.15) is 9.40 Å². The third kappa shape index (κ3) is 4.30. The van der Waals surface area contributed by atoms with E-state index in [0.717, 1.165) is 30.6 Å². The minimum absolute atomic E-state index is 0.0663. The first-order valence-electron chi connectivity index (χ1n) is 8.87.